The van der Waals surface area contributed by atoms with Gasteiger partial charge in [-0.3, -0.25) is 9.36 Å². The van der Waals surface area contributed by atoms with Crippen molar-refractivity contribution in [2.45, 2.75) is 19.8 Å². The highest BCUT2D eigenvalue weighted by Gasteiger charge is 2.29. The molecule has 2 N–H and O–H groups in total. The first-order valence-corrected chi connectivity index (χ1v) is 7.42. The molecule has 94 valence electrons. The molecule has 0 aliphatic carbocycles. The predicted octanol–water partition coefficient (Wildman–Crippen LogP) is 2.08. The Balaban J connectivity index is 2.85. The van der Waals surface area contributed by atoms with Crippen molar-refractivity contribution in [3.8, 4) is 0 Å². The molecule has 1 aromatic carbocycles. The number of carbonyl (C=O) groups is 1. The molecule has 2 atom stereocenters. The molecule has 4 nitrogen and oxygen atoms in total. The molecule has 2 unspecified atom stereocenters. The summed E-state index contributed by atoms with van der Waals surface area (Å²) in [5, 5.41) is 9.30. The molecule has 0 aromatic heterocycles. The molecule has 0 heterocycles. The van der Waals surface area contributed by atoms with E-state index in [1.807, 2.05) is 6.92 Å². The van der Waals surface area contributed by atoms with Crippen molar-refractivity contribution >= 4 is 18.6 Å². The van der Waals surface area contributed by atoms with Crippen LogP contribution in [0.15, 0.2) is 30.3 Å². The highest BCUT2D eigenvalue weighted by molar-refractivity contribution is 7.66. The Kier molecular flexibility index (Phi) is 4.91. The summed E-state index contributed by atoms with van der Waals surface area (Å²) in [6, 6.07) is 8.23. The van der Waals surface area contributed by atoms with Gasteiger partial charge in [0.1, 0.15) is 0 Å². The molecule has 0 bridgehead atoms. The fraction of sp³-hybridized carbons (Fsp3) is 0.417. The molecule has 0 spiro atoms. The van der Waals surface area contributed by atoms with Crippen LogP contribution in [-0.2, 0) is 9.36 Å². The van der Waals surface area contributed by atoms with E-state index in [1.54, 1.807) is 30.3 Å². The molecule has 17 heavy (non-hydrogen) atoms. The SMILES string of the molecule is CCCC(CP(=O)(O)c1ccccc1)C(=O)O. The summed E-state index contributed by atoms with van der Waals surface area (Å²) in [5.41, 5.74) is 0. The molecular weight excluding hydrogens is 239 g/mol. The van der Waals surface area contributed by atoms with Crippen LogP contribution in [0.25, 0.3) is 0 Å². The first-order chi connectivity index (χ1) is 7.97. The summed E-state index contributed by atoms with van der Waals surface area (Å²) in [6.45, 7) is 1.86. The summed E-state index contributed by atoms with van der Waals surface area (Å²) < 4.78 is 12.1. The molecule has 0 saturated heterocycles. The number of hydrogen-bond acceptors (Lipinski definition) is 2. The van der Waals surface area contributed by atoms with Gasteiger partial charge in [-0.1, -0.05) is 31.5 Å². The molecule has 5 heteroatoms. The summed E-state index contributed by atoms with van der Waals surface area (Å²) in [4.78, 5) is 20.9. The second kappa shape index (κ2) is 5.99. The number of carboxylic acids is 1. The van der Waals surface area contributed by atoms with Crippen LogP contribution < -0.4 is 5.30 Å². The van der Waals surface area contributed by atoms with Gasteiger partial charge in [-0.15, -0.1) is 0 Å². The van der Waals surface area contributed by atoms with Gasteiger partial charge in [0, 0.05) is 11.5 Å². The van der Waals surface area contributed by atoms with E-state index in [1.165, 1.54) is 0 Å². The molecule has 0 fully saturated rings. The minimum atomic E-state index is -3.57. The van der Waals surface area contributed by atoms with Gasteiger partial charge >= 0.3 is 5.97 Å². The van der Waals surface area contributed by atoms with Gasteiger partial charge in [0.2, 0.25) is 7.37 Å². The second-order valence-corrected chi connectivity index (χ2v) is 6.33. The molecule has 0 aliphatic rings. The van der Waals surface area contributed by atoms with Gasteiger partial charge in [0.05, 0.1) is 5.92 Å². The predicted molar refractivity (Wildman–Crippen MR) is 66.8 cm³/mol. The monoisotopic (exact) mass is 256 g/mol. The molecule has 0 aliphatic heterocycles. The van der Waals surface area contributed by atoms with Crippen LogP contribution in [0.5, 0.6) is 0 Å². The zero-order valence-electron chi connectivity index (χ0n) is 9.74. The Bertz CT molecular complexity index is 416. The van der Waals surface area contributed by atoms with E-state index in [9.17, 15) is 14.3 Å². The topological polar surface area (TPSA) is 74.6 Å². The number of hydrogen-bond donors (Lipinski definition) is 2. The standard InChI is InChI=1S/C12H17O4P/c1-2-6-10(12(13)14)9-17(15,16)11-7-4-3-5-8-11/h3-5,7-8,10H,2,6,9H2,1H3,(H,13,14)(H,15,16). The fourth-order valence-corrected chi connectivity index (χ4v) is 3.49. The maximum absolute atomic E-state index is 12.1. The smallest absolute Gasteiger partial charge is 0.307 e. The zero-order valence-corrected chi connectivity index (χ0v) is 10.6. The zero-order chi connectivity index (χ0) is 12.9. The van der Waals surface area contributed by atoms with Gasteiger partial charge in [-0.05, 0) is 18.6 Å². The van der Waals surface area contributed by atoms with Gasteiger partial charge in [0.25, 0.3) is 0 Å². The first-order valence-electron chi connectivity index (χ1n) is 5.57. The van der Waals surface area contributed by atoms with Gasteiger partial charge in [-0.25, -0.2) is 0 Å². The van der Waals surface area contributed by atoms with Crippen LogP contribution in [0.4, 0.5) is 0 Å². The van der Waals surface area contributed by atoms with Crippen molar-refractivity contribution in [2.24, 2.45) is 5.92 Å². The number of rotatable bonds is 6. The number of aliphatic carboxylic acids is 1. The number of carboxylic acid groups (broad SMARTS) is 1. The number of benzene rings is 1. The maximum Gasteiger partial charge on any atom is 0.307 e. The molecule has 0 radical (unpaired) electrons. The van der Waals surface area contributed by atoms with Crippen molar-refractivity contribution in [1.82, 2.24) is 0 Å². The Morgan fingerprint density at radius 1 is 1.35 bits per heavy atom. The van der Waals surface area contributed by atoms with Crippen molar-refractivity contribution in [3.05, 3.63) is 30.3 Å². The third kappa shape index (κ3) is 3.99. The molecule has 0 saturated carbocycles. The minimum absolute atomic E-state index is 0.194. The van der Waals surface area contributed by atoms with E-state index in [0.717, 1.165) is 0 Å². The summed E-state index contributed by atoms with van der Waals surface area (Å²) in [6.07, 6.45) is 0.915. The molecule has 1 aromatic rings. The third-order valence-electron chi connectivity index (χ3n) is 2.61. The van der Waals surface area contributed by atoms with E-state index in [-0.39, 0.29) is 6.16 Å². The lowest BCUT2D eigenvalue weighted by molar-refractivity contribution is -0.141. The second-order valence-electron chi connectivity index (χ2n) is 4.04. The highest BCUT2D eigenvalue weighted by Crippen LogP contribution is 2.42. The Morgan fingerprint density at radius 2 is 1.94 bits per heavy atom. The summed E-state index contributed by atoms with van der Waals surface area (Å²) in [7, 11) is -3.57. The average molecular weight is 256 g/mol. The Labute approximate surface area is 101 Å². The van der Waals surface area contributed by atoms with Crippen LogP contribution >= 0.6 is 7.37 Å². The van der Waals surface area contributed by atoms with Crippen LogP contribution in [0.2, 0.25) is 0 Å². The first kappa shape index (κ1) is 13.9. The molecule has 1 rings (SSSR count). The Morgan fingerprint density at radius 3 is 2.41 bits per heavy atom. The summed E-state index contributed by atoms with van der Waals surface area (Å²) in [5.74, 6) is -1.76. The normalized spacial score (nSPS) is 16.1. The Hall–Kier alpha value is -1.12. The fourth-order valence-electron chi connectivity index (χ4n) is 1.71. The lowest BCUT2D eigenvalue weighted by atomic mass is 10.1. The van der Waals surface area contributed by atoms with Gasteiger partial charge < -0.3 is 10.00 Å². The van der Waals surface area contributed by atoms with Crippen LogP contribution in [0.1, 0.15) is 19.8 Å². The van der Waals surface area contributed by atoms with Crippen LogP contribution in [-0.4, -0.2) is 22.1 Å². The molecular formula is C12H17O4P. The van der Waals surface area contributed by atoms with E-state index in [2.05, 4.69) is 0 Å². The lowest BCUT2D eigenvalue weighted by Gasteiger charge is -2.16. The maximum atomic E-state index is 12.1. The molecule has 0 amide bonds. The van der Waals surface area contributed by atoms with E-state index < -0.39 is 19.3 Å². The minimum Gasteiger partial charge on any atom is -0.481 e. The highest BCUT2D eigenvalue weighted by atomic mass is 31.2. The van der Waals surface area contributed by atoms with Gasteiger partial charge in [-0.2, -0.15) is 0 Å². The average Bonchev–Trinajstić information content (AvgIpc) is 2.29. The van der Waals surface area contributed by atoms with E-state index in [4.69, 9.17) is 5.11 Å². The quantitative estimate of drug-likeness (QED) is 0.764. The largest absolute Gasteiger partial charge is 0.481 e. The van der Waals surface area contributed by atoms with Crippen molar-refractivity contribution in [1.29, 1.82) is 0 Å². The van der Waals surface area contributed by atoms with Crippen LogP contribution in [0.3, 0.4) is 0 Å². The van der Waals surface area contributed by atoms with Crippen molar-refractivity contribution < 1.29 is 19.4 Å². The van der Waals surface area contributed by atoms with E-state index >= 15 is 0 Å². The van der Waals surface area contributed by atoms with Gasteiger partial charge in [0.15, 0.2) is 0 Å². The third-order valence-corrected chi connectivity index (χ3v) is 4.65. The lowest BCUT2D eigenvalue weighted by Crippen LogP contribution is -2.21. The van der Waals surface area contributed by atoms with Crippen molar-refractivity contribution in [3.63, 3.8) is 0 Å². The van der Waals surface area contributed by atoms with Crippen molar-refractivity contribution in [2.75, 3.05) is 6.16 Å². The van der Waals surface area contributed by atoms with Crippen LogP contribution in [0, 0.1) is 5.92 Å². The van der Waals surface area contributed by atoms with E-state index in [0.29, 0.717) is 18.1 Å². The summed E-state index contributed by atoms with van der Waals surface area (Å²) >= 11 is 0.